The molecule has 0 amide bonds. The Hall–Kier alpha value is -2.59. The third-order valence-corrected chi connectivity index (χ3v) is 4.26. The van der Waals surface area contributed by atoms with Crippen LogP contribution in [0.25, 0.3) is 0 Å². The van der Waals surface area contributed by atoms with E-state index < -0.39 is 5.56 Å². The highest BCUT2D eigenvalue weighted by Crippen LogP contribution is 2.22. The number of nitrogens with one attached hydrogen (secondary N) is 1. The molecule has 0 aliphatic rings. The third-order valence-electron chi connectivity index (χ3n) is 4.00. The van der Waals surface area contributed by atoms with Crippen LogP contribution in [-0.2, 0) is 6.54 Å². The summed E-state index contributed by atoms with van der Waals surface area (Å²) in [5.41, 5.74) is 3.88. The lowest BCUT2D eigenvalue weighted by Crippen LogP contribution is -2.17. The first-order valence-corrected chi connectivity index (χ1v) is 8.06. The Morgan fingerprint density at radius 3 is 2.58 bits per heavy atom. The summed E-state index contributed by atoms with van der Waals surface area (Å²) in [7, 11) is 0. The predicted octanol–water partition coefficient (Wildman–Crippen LogP) is 4.31. The van der Waals surface area contributed by atoms with Crippen LogP contribution in [0.4, 0.5) is 11.6 Å². The number of hydrogen-bond acceptors (Lipinski definition) is 3. The molecule has 0 bridgehead atoms. The molecule has 0 saturated carbocycles. The van der Waals surface area contributed by atoms with E-state index in [4.69, 9.17) is 11.6 Å². The maximum absolute atomic E-state index is 11.9. The third kappa shape index (κ3) is 3.49. The zero-order valence-electron chi connectivity index (χ0n) is 13.6. The minimum Gasteiger partial charge on any atom is -0.325 e. The van der Waals surface area contributed by atoms with Gasteiger partial charge in [0.15, 0.2) is 0 Å². The first-order valence-electron chi connectivity index (χ1n) is 7.69. The van der Waals surface area contributed by atoms with Gasteiger partial charge in [0.1, 0.15) is 5.02 Å². The molecule has 0 atom stereocenters. The lowest BCUT2D eigenvalue weighted by molar-refractivity contribution is 0.773. The molecule has 0 saturated heterocycles. The molecule has 122 valence electrons. The molecular formula is C19H18ClN3O. The van der Waals surface area contributed by atoms with Gasteiger partial charge in [-0.2, -0.15) is 4.98 Å². The van der Waals surface area contributed by atoms with E-state index in [0.29, 0.717) is 12.5 Å². The Kier molecular flexibility index (Phi) is 4.67. The molecule has 24 heavy (non-hydrogen) atoms. The van der Waals surface area contributed by atoms with Crippen LogP contribution < -0.4 is 10.9 Å². The fraction of sp³-hybridized carbons (Fsp3) is 0.158. The summed E-state index contributed by atoms with van der Waals surface area (Å²) in [6, 6.07) is 16.0. The van der Waals surface area contributed by atoms with Crippen molar-refractivity contribution in [3.63, 3.8) is 0 Å². The highest BCUT2D eigenvalue weighted by atomic mass is 35.5. The van der Waals surface area contributed by atoms with Crippen LogP contribution in [-0.4, -0.2) is 9.55 Å². The molecule has 4 nitrogen and oxygen atoms in total. The maximum Gasteiger partial charge on any atom is 0.293 e. The van der Waals surface area contributed by atoms with Crippen LogP contribution in [0, 0.1) is 13.8 Å². The SMILES string of the molecule is Cc1cccc(Nc2nc(=O)c(Cl)cn2Cc2ccccc2)c1C. The minimum absolute atomic E-state index is 0.109. The van der Waals surface area contributed by atoms with Gasteiger partial charge >= 0.3 is 0 Å². The largest absolute Gasteiger partial charge is 0.325 e. The quantitative estimate of drug-likeness (QED) is 0.770. The van der Waals surface area contributed by atoms with E-state index in [0.717, 1.165) is 16.8 Å². The minimum atomic E-state index is -0.436. The molecule has 1 aromatic heterocycles. The second-order valence-electron chi connectivity index (χ2n) is 5.70. The van der Waals surface area contributed by atoms with Crippen molar-refractivity contribution < 1.29 is 0 Å². The van der Waals surface area contributed by atoms with Crippen LogP contribution >= 0.6 is 11.6 Å². The van der Waals surface area contributed by atoms with Crippen molar-refractivity contribution in [2.45, 2.75) is 20.4 Å². The molecule has 0 radical (unpaired) electrons. The molecule has 0 unspecified atom stereocenters. The lowest BCUT2D eigenvalue weighted by Gasteiger charge is -2.16. The number of hydrogen-bond donors (Lipinski definition) is 1. The fourth-order valence-corrected chi connectivity index (χ4v) is 2.63. The number of halogens is 1. The Balaban J connectivity index is 2.01. The fourth-order valence-electron chi connectivity index (χ4n) is 2.47. The molecule has 0 aliphatic heterocycles. The Labute approximate surface area is 145 Å². The van der Waals surface area contributed by atoms with Gasteiger partial charge in [-0.3, -0.25) is 4.79 Å². The summed E-state index contributed by atoms with van der Waals surface area (Å²) < 4.78 is 1.85. The van der Waals surface area contributed by atoms with Gasteiger partial charge < -0.3 is 9.88 Å². The monoisotopic (exact) mass is 339 g/mol. The maximum atomic E-state index is 11.9. The number of anilines is 2. The van der Waals surface area contributed by atoms with Crippen molar-refractivity contribution in [1.29, 1.82) is 0 Å². The molecule has 5 heteroatoms. The van der Waals surface area contributed by atoms with Crippen molar-refractivity contribution >= 4 is 23.2 Å². The summed E-state index contributed by atoms with van der Waals surface area (Å²) in [5, 5.41) is 3.37. The molecule has 1 heterocycles. The van der Waals surface area contributed by atoms with E-state index in [1.54, 1.807) is 6.20 Å². The number of rotatable bonds is 4. The van der Waals surface area contributed by atoms with Gasteiger partial charge in [0.05, 0.1) is 6.54 Å². The van der Waals surface area contributed by atoms with Gasteiger partial charge in [0.25, 0.3) is 5.56 Å². The molecular weight excluding hydrogens is 322 g/mol. The number of aromatic nitrogens is 2. The molecule has 2 aromatic carbocycles. The van der Waals surface area contributed by atoms with Gasteiger partial charge in [-0.05, 0) is 36.6 Å². The first kappa shape index (κ1) is 16.3. The zero-order chi connectivity index (χ0) is 17.1. The second-order valence-corrected chi connectivity index (χ2v) is 6.11. The molecule has 3 rings (SSSR count). The average Bonchev–Trinajstić information content (AvgIpc) is 2.57. The van der Waals surface area contributed by atoms with Gasteiger partial charge in [-0.15, -0.1) is 0 Å². The van der Waals surface area contributed by atoms with E-state index in [1.807, 2.05) is 66.9 Å². The summed E-state index contributed by atoms with van der Waals surface area (Å²) in [6.45, 7) is 4.65. The van der Waals surface area contributed by atoms with Gasteiger partial charge in [0, 0.05) is 11.9 Å². The van der Waals surface area contributed by atoms with Crippen molar-refractivity contribution in [3.05, 3.63) is 86.8 Å². The van der Waals surface area contributed by atoms with E-state index in [1.165, 1.54) is 5.56 Å². The van der Waals surface area contributed by atoms with Gasteiger partial charge in [0.2, 0.25) is 5.95 Å². The number of aryl methyl sites for hydroxylation is 1. The van der Waals surface area contributed by atoms with Crippen molar-refractivity contribution in [1.82, 2.24) is 9.55 Å². The summed E-state index contributed by atoms with van der Waals surface area (Å²) in [5.74, 6) is 0.474. The van der Waals surface area contributed by atoms with Crippen LogP contribution in [0.1, 0.15) is 16.7 Å². The molecule has 0 spiro atoms. The molecule has 3 aromatic rings. The van der Waals surface area contributed by atoms with E-state index >= 15 is 0 Å². The summed E-state index contributed by atoms with van der Waals surface area (Å²) in [4.78, 5) is 16.0. The smallest absolute Gasteiger partial charge is 0.293 e. The van der Waals surface area contributed by atoms with Crippen LogP contribution in [0.15, 0.2) is 59.5 Å². The van der Waals surface area contributed by atoms with E-state index in [-0.39, 0.29) is 5.02 Å². The Bertz CT molecular complexity index is 920. The summed E-state index contributed by atoms with van der Waals surface area (Å²) in [6.07, 6.45) is 1.62. The average molecular weight is 340 g/mol. The normalized spacial score (nSPS) is 10.6. The standard InChI is InChI=1S/C19H18ClN3O/c1-13-7-6-10-17(14(13)2)21-19-22-18(24)16(20)12-23(19)11-15-8-4-3-5-9-15/h3-10,12H,11H2,1-2H3,(H,21,22,24). The zero-order valence-corrected chi connectivity index (χ0v) is 14.3. The first-order chi connectivity index (χ1) is 11.5. The number of benzene rings is 2. The molecule has 0 aliphatic carbocycles. The van der Waals surface area contributed by atoms with Gasteiger partial charge in [-0.25, -0.2) is 0 Å². The Morgan fingerprint density at radius 2 is 1.83 bits per heavy atom. The number of nitrogens with zero attached hydrogens (tertiary/aromatic N) is 2. The van der Waals surface area contributed by atoms with Gasteiger partial charge in [-0.1, -0.05) is 54.1 Å². The lowest BCUT2D eigenvalue weighted by atomic mass is 10.1. The molecule has 1 N–H and O–H groups in total. The predicted molar refractivity (Wildman–Crippen MR) is 98.2 cm³/mol. The van der Waals surface area contributed by atoms with Crippen LogP contribution in [0.3, 0.4) is 0 Å². The highest BCUT2D eigenvalue weighted by molar-refractivity contribution is 6.30. The second kappa shape index (κ2) is 6.89. The highest BCUT2D eigenvalue weighted by Gasteiger charge is 2.10. The van der Waals surface area contributed by atoms with Crippen molar-refractivity contribution in [2.24, 2.45) is 0 Å². The van der Waals surface area contributed by atoms with E-state index in [2.05, 4.69) is 10.3 Å². The topological polar surface area (TPSA) is 46.9 Å². The summed E-state index contributed by atoms with van der Waals surface area (Å²) >= 11 is 5.99. The van der Waals surface area contributed by atoms with Crippen molar-refractivity contribution in [2.75, 3.05) is 5.32 Å². The van der Waals surface area contributed by atoms with Crippen LogP contribution in [0.5, 0.6) is 0 Å². The van der Waals surface area contributed by atoms with Crippen LogP contribution in [0.2, 0.25) is 5.02 Å². The molecule has 0 fully saturated rings. The Morgan fingerprint density at radius 1 is 1.08 bits per heavy atom. The van der Waals surface area contributed by atoms with Crippen molar-refractivity contribution in [3.8, 4) is 0 Å². The van der Waals surface area contributed by atoms with E-state index in [9.17, 15) is 4.79 Å².